The van der Waals surface area contributed by atoms with E-state index in [9.17, 15) is 4.79 Å². The lowest BCUT2D eigenvalue weighted by Gasteiger charge is -2.48. The minimum Gasteiger partial charge on any atom is -0.488 e. The molecular weight excluding hydrogens is 272 g/mol. The fourth-order valence-corrected chi connectivity index (χ4v) is 4.40. The number of hydrogen-bond donors (Lipinski definition) is 0. The third-order valence-electron chi connectivity index (χ3n) is 3.88. The summed E-state index contributed by atoms with van der Waals surface area (Å²) in [5.74, 6) is 2.21. The van der Waals surface area contributed by atoms with Crippen LogP contribution in [0.5, 0.6) is 5.75 Å². The second kappa shape index (κ2) is 5.28. The highest BCUT2D eigenvalue weighted by molar-refractivity contribution is 8.01. The van der Waals surface area contributed by atoms with Gasteiger partial charge in [0.25, 0.3) is 0 Å². The van der Waals surface area contributed by atoms with E-state index >= 15 is 0 Å². The zero-order chi connectivity index (χ0) is 14.2. The average Bonchev–Trinajstić information content (AvgIpc) is 2.81. The van der Waals surface area contributed by atoms with Crippen LogP contribution in [0.2, 0.25) is 0 Å². The Labute approximate surface area is 123 Å². The fourth-order valence-electron chi connectivity index (χ4n) is 2.88. The van der Waals surface area contributed by atoms with Gasteiger partial charge in [0.2, 0.25) is 5.91 Å². The molecule has 1 unspecified atom stereocenters. The van der Waals surface area contributed by atoms with Crippen molar-refractivity contribution in [1.82, 2.24) is 9.88 Å². The van der Waals surface area contributed by atoms with Gasteiger partial charge in [-0.05, 0) is 12.1 Å². The number of nitrogens with zero attached hydrogens (tertiary/aromatic N) is 2. The summed E-state index contributed by atoms with van der Waals surface area (Å²) < 4.78 is 6.20. The van der Waals surface area contributed by atoms with Crippen LogP contribution in [0.3, 0.4) is 0 Å². The summed E-state index contributed by atoms with van der Waals surface area (Å²) >= 11 is 1.95. The van der Waals surface area contributed by atoms with Crippen molar-refractivity contribution < 1.29 is 9.53 Å². The van der Waals surface area contributed by atoms with Gasteiger partial charge in [0.1, 0.15) is 11.9 Å². The van der Waals surface area contributed by atoms with Crippen LogP contribution >= 0.6 is 11.8 Å². The molecule has 2 saturated heterocycles. The van der Waals surface area contributed by atoms with Gasteiger partial charge < -0.3 is 9.64 Å². The first-order valence-electron chi connectivity index (χ1n) is 7.07. The molecule has 2 fully saturated rings. The molecule has 1 atom stereocenters. The molecule has 2 aliphatic heterocycles. The molecule has 1 amide bonds. The van der Waals surface area contributed by atoms with Gasteiger partial charge in [-0.2, -0.15) is 0 Å². The van der Waals surface area contributed by atoms with Crippen molar-refractivity contribution >= 4 is 17.7 Å². The molecule has 0 saturated carbocycles. The van der Waals surface area contributed by atoms with Crippen molar-refractivity contribution in [3.05, 3.63) is 24.5 Å². The third-order valence-corrected chi connectivity index (χ3v) is 5.45. The second-order valence-electron chi connectivity index (χ2n) is 5.98. The lowest BCUT2D eigenvalue weighted by Crippen LogP contribution is -2.61. The number of likely N-dealkylation sites (tertiary alicyclic amines) is 1. The van der Waals surface area contributed by atoms with E-state index < -0.39 is 0 Å². The van der Waals surface area contributed by atoms with Crippen molar-refractivity contribution in [2.45, 2.75) is 31.1 Å². The van der Waals surface area contributed by atoms with E-state index in [1.165, 1.54) is 0 Å². The number of thioether (sulfide) groups is 1. The molecule has 5 heteroatoms. The number of rotatable bonds is 3. The monoisotopic (exact) mass is 292 g/mol. The van der Waals surface area contributed by atoms with Crippen LogP contribution in [0.15, 0.2) is 24.5 Å². The molecule has 0 aliphatic carbocycles. The number of amides is 1. The van der Waals surface area contributed by atoms with Crippen molar-refractivity contribution in [3.8, 4) is 5.75 Å². The summed E-state index contributed by atoms with van der Waals surface area (Å²) in [7, 11) is 0. The fraction of sp³-hybridized carbons (Fsp3) is 0.600. The highest BCUT2D eigenvalue weighted by Gasteiger charge is 2.51. The highest BCUT2D eigenvalue weighted by Crippen LogP contribution is 2.46. The van der Waals surface area contributed by atoms with E-state index in [-0.39, 0.29) is 22.7 Å². The Balaban J connectivity index is 1.53. The largest absolute Gasteiger partial charge is 0.488 e. The van der Waals surface area contributed by atoms with Gasteiger partial charge in [0.05, 0.1) is 10.9 Å². The quantitative estimate of drug-likeness (QED) is 0.856. The number of ether oxygens (including phenoxy) is 1. The topological polar surface area (TPSA) is 42.4 Å². The zero-order valence-corrected chi connectivity index (χ0v) is 12.7. The van der Waals surface area contributed by atoms with Gasteiger partial charge >= 0.3 is 0 Å². The van der Waals surface area contributed by atoms with Crippen molar-refractivity contribution in [2.75, 3.05) is 18.8 Å². The van der Waals surface area contributed by atoms with Crippen LogP contribution in [0.4, 0.5) is 0 Å². The molecule has 0 N–H and O–H groups in total. The number of hydrogen-bond acceptors (Lipinski definition) is 4. The maximum Gasteiger partial charge on any atom is 0.225 e. The smallest absolute Gasteiger partial charge is 0.225 e. The van der Waals surface area contributed by atoms with Crippen LogP contribution < -0.4 is 4.74 Å². The van der Waals surface area contributed by atoms with Gasteiger partial charge in [-0.15, -0.1) is 11.8 Å². The Hall–Kier alpha value is -1.23. The van der Waals surface area contributed by atoms with Crippen molar-refractivity contribution in [2.24, 2.45) is 5.92 Å². The Morgan fingerprint density at radius 1 is 1.55 bits per heavy atom. The molecule has 0 aromatic carbocycles. The molecule has 0 radical (unpaired) electrons. The Morgan fingerprint density at radius 2 is 2.35 bits per heavy atom. The predicted octanol–water partition coefficient (Wildman–Crippen LogP) is 2.20. The lowest BCUT2D eigenvalue weighted by atomic mass is 9.92. The molecule has 1 aromatic heterocycles. The molecule has 3 heterocycles. The Morgan fingerprint density at radius 3 is 3.00 bits per heavy atom. The van der Waals surface area contributed by atoms with Gasteiger partial charge in [0.15, 0.2) is 0 Å². The van der Waals surface area contributed by atoms with Gasteiger partial charge in [-0.25, -0.2) is 0 Å². The average molecular weight is 292 g/mol. The number of carbonyl (C=O) groups excluding carboxylic acids is 1. The van der Waals surface area contributed by atoms with Crippen LogP contribution in [0.1, 0.15) is 20.3 Å². The molecule has 0 bridgehead atoms. The van der Waals surface area contributed by atoms with Crippen LogP contribution in [-0.2, 0) is 4.79 Å². The molecule has 20 heavy (non-hydrogen) atoms. The predicted molar refractivity (Wildman–Crippen MR) is 79.9 cm³/mol. The first-order valence-corrected chi connectivity index (χ1v) is 8.06. The van der Waals surface area contributed by atoms with E-state index in [2.05, 4.69) is 4.98 Å². The van der Waals surface area contributed by atoms with E-state index in [0.29, 0.717) is 0 Å². The minimum absolute atomic E-state index is 0.0983. The third kappa shape index (κ3) is 2.64. The number of aromatic nitrogens is 1. The highest BCUT2D eigenvalue weighted by atomic mass is 32.2. The first kappa shape index (κ1) is 13.7. The van der Waals surface area contributed by atoms with E-state index in [0.717, 1.165) is 31.0 Å². The Bertz CT molecular complexity index is 486. The summed E-state index contributed by atoms with van der Waals surface area (Å²) in [6.45, 7) is 5.68. The molecule has 1 aromatic rings. The summed E-state index contributed by atoms with van der Waals surface area (Å²) in [5.41, 5.74) is 0. The number of carbonyl (C=O) groups is 1. The standard InChI is InChI=1S/C15H20N2O2S/c1-11(2)14(18)17-9-15(10-17)6-13(8-20-15)19-12-4-3-5-16-7-12/h3-5,7,11,13H,6,8-10H2,1-2H3. The maximum absolute atomic E-state index is 11.9. The lowest BCUT2D eigenvalue weighted by molar-refractivity contribution is -0.139. The molecule has 1 spiro atoms. The minimum atomic E-state index is 0.0983. The van der Waals surface area contributed by atoms with Gasteiger partial charge in [-0.1, -0.05) is 13.8 Å². The van der Waals surface area contributed by atoms with E-state index in [1.54, 1.807) is 12.4 Å². The Kier molecular flexibility index (Phi) is 3.63. The number of pyridine rings is 1. The molecule has 4 nitrogen and oxygen atoms in total. The first-order chi connectivity index (χ1) is 9.58. The summed E-state index contributed by atoms with van der Waals surface area (Å²) in [6.07, 6.45) is 4.76. The maximum atomic E-state index is 11.9. The summed E-state index contributed by atoms with van der Waals surface area (Å²) in [5, 5.41) is 0. The summed E-state index contributed by atoms with van der Waals surface area (Å²) in [6, 6.07) is 3.83. The SMILES string of the molecule is CC(C)C(=O)N1CC2(CC(Oc3cccnc3)CS2)C1. The normalized spacial score (nSPS) is 23.9. The van der Waals surface area contributed by atoms with Gasteiger partial charge in [-0.3, -0.25) is 9.78 Å². The van der Waals surface area contributed by atoms with Crippen molar-refractivity contribution in [1.29, 1.82) is 0 Å². The molecule has 2 aliphatic rings. The van der Waals surface area contributed by atoms with Crippen LogP contribution in [-0.4, -0.2) is 45.5 Å². The van der Waals surface area contributed by atoms with Crippen LogP contribution in [0.25, 0.3) is 0 Å². The van der Waals surface area contributed by atoms with Gasteiger partial charge in [0, 0.05) is 37.4 Å². The second-order valence-corrected chi connectivity index (χ2v) is 7.46. The van der Waals surface area contributed by atoms with E-state index in [1.807, 2.05) is 42.6 Å². The molecular formula is C15H20N2O2S. The van der Waals surface area contributed by atoms with E-state index in [4.69, 9.17) is 4.74 Å². The zero-order valence-electron chi connectivity index (χ0n) is 11.9. The van der Waals surface area contributed by atoms with Crippen molar-refractivity contribution in [3.63, 3.8) is 0 Å². The molecule has 3 rings (SSSR count). The van der Waals surface area contributed by atoms with Crippen LogP contribution in [0, 0.1) is 5.92 Å². The molecule has 108 valence electrons. The summed E-state index contributed by atoms with van der Waals surface area (Å²) in [4.78, 5) is 18.0.